The Morgan fingerprint density at radius 1 is 1.03 bits per heavy atom. The average Bonchev–Trinajstić information content (AvgIpc) is 3.61. The second kappa shape index (κ2) is 10.2. The van der Waals surface area contributed by atoms with E-state index in [1.165, 1.54) is 16.2 Å². The zero-order valence-corrected chi connectivity index (χ0v) is 20.8. The molecule has 1 amide bonds. The predicted molar refractivity (Wildman–Crippen MR) is 138 cm³/mol. The fourth-order valence-electron chi connectivity index (χ4n) is 3.91. The van der Waals surface area contributed by atoms with Gasteiger partial charge in [0.25, 0.3) is 5.91 Å². The molecule has 182 valence electrons. The zero-order chi connectivity index (χ0) is 25.1. The minimum Gasteiger partial charge on any atom is -0.451 e. The highest BCUT2D eigenvalue weighted by atomic mass is 32.1. The molecule has 0 aliphatic rings. The standard InChI is InChI=1S/C27H25N5O3S/c1-19-23-13-24(36-26(23)32(29-19)16-20-9-5-3-6-10-20)27(34)35-18-25(33)30(2)15-21-14-28-31(17-21)22-11-7-4-8-12-22/h3-14,17H,15-16,18H2,1-2H3. The molecule has 0 radical (unpaired) electrons. The second-order valence-electron chi connectivity index (χ2n) is 8.51. The number of fused-ring (bicyclic) bond motifs is 1. The van der Waals surface area contributed by atoms with Gasteiger partial charge in [-0.3, -0.25) is 9.48 Å². The molecule has 36 heavy (non-hydrogen) atoms. The van der Waals surface area contributed by atoms with E-state index in [4.69, 9.17) is 4.74 Å². The molecule has 0 saturated carbocycles. The van der Waals surface area contributed by atoms with Crippen LogP contribution in [0.5, 0.6) is 0 Å². The molecule has 0 atom stereocenters. The van der Waals surface area contributed by atoms with Crippen LogP contribution in [0.1, 0.15) is 26.5 Å². The van der Waals surface area contributed by atoms with Crippen LogP contribution in [0.15, 0.2) is 79.1 Å². The van der Waals surface area contributed by atoms with Gasteiger partial charge in [-0.25, -0.2) is 9.48 Å². The van der Waals surface area contributed by atoms with Gasteiger partial charge in [0.05, 0.1) is 24.1 Å². The number of aryl methyl sites for hydroxylation is 1. The van der Waals surface area contributed by atoms with Gasteiger partial charge in [-0.2, -0.15) is 10.2 Å². The molecule has 0 saturated heterocycles. The number of amides is 1. The number of thiophene rings is 1. The normalized spacial score (nSPS) is 11.1. The summed E-state index contributed by atoms with van der Waals surface area (Å²) in [5.41, 5.74) is 3.80. The Labute approximate surface area is 212 Å². The van der Waals surface area contributed by atoms with Gasteiger partial charge in [-0.15, -0.1) is 11.3 Å². The zero-order valence-electron chi connectivity index (χ0n) is 20.0. The van der Waals surface area contributed by atoms with Crippen LogP contribution in [-0.2, 0) is 22.6 Å². The molecule has 2 aromatic carbocycles. The van der Waals surface area contributed by atoms with Crippen LogP contribution in [-0.4, -0.2) is 50.0 Å². The lowest BCUT2D eigenvalue weighted by Gasteiger charge is -2.15. The SMILES string of the molecule is Cc1nn(Cc2ccccc2)c2sc(C(=O)OCC(=O)N(C)Cc3cnn(-c4ccccc4)c3)cc12. The van der Waals surface area contributed by atoms with Crippen molar-refractivity contribution in [2.24, 2.45) is 0 Å². The van der Waals surface area contributed by atoms with Crippen LogP contribution < -0.4 is 0 Å². The van der Waals surface area contributed by atoms with Crippen LogP contribution in [0, 0.1) is 6.92 Å². The molecule has 0 bridgehead atoms. The molecule has 0 N–H and O–H groups in total. The van der Waals surface area contributed by atoms with Crippen LogP contribution >= 0.6 is 11.3 Å². The van der Waals surface area contributed by atoms with E-state index in [0.717, 1.165) is 32.7 Å². The van der Waals surface area contributed by atoms with E-state index in [0.29, 0.717) is 18.0 Å². The highest BCUT2D eigenvalue weighted by Gasteiger charge is 2.19. The van der Waals surface area contributed by atoms with Gasteiger partial charge in [0.15, 0.2) is 6.61 Å². The maximum Gasteiger partial charge on any atom is 0.348 e. The van der Waals surface area contributed by atoms with E-state index in [1.54, 1.807) is 24.0 Å². The summed E-state index contributed by atoms with van der Waals surface area (Å²) < 4.78 is 9.01. The molecule has 3 heterocycles. The number of hydrogen-bond acceptors (Lipinski definition) is 6. The summed E-state index contributed by atoms with van der Waals surface area (Å²) in [7, 11) is 1.68. The molecular weight excluding hydrogens is 474 g/mol. The van der Waals surface area contributed by atoms with E-state index < -0.39 is 5.97 Å². The van der Waals surface area contributed by atoms with E-state index in [2.05, 4.69) is 10.2 Å². The summed E-state index contributed by atoms with van der Waals surface area (Å²) in [5, 5.41) is 9.89. The van der Waals surface area contributed by atoms with E-state index in [-0.39, 0.29) is 12.5 Å². The first-order valence-electron chi connectivity index (χ1n) is 11.5. The monoisotopic (exact) mass is 499 g/mol. The molecule has 8 nitrogen and oxygen atoms in total. The number of nitrogens with zero attached hydrogens (tertiary/aromatic N) is 5. The first-order chi connectivity index (χ1) is 17.5. The number of carbonyl (C=O) groups is 2. The quantitative estimate of drug-likeness (QED) is 0.295. The number of hydrogen-bond donors (Lipinski definition) is 0. The Balaban J connectivity index is 1.19. The lowest BCUT2D eigenvalue weighted by atomic mass is 10.2. The molecule has 0 spiro atoms. The summed E-state index contributed by atoms with van der Waals surface area (Å²) in [5.74, 6) is -0.802. The lowest BCUT2D eigenvalue weighted by molar-refractivity contribution is -0.133. The van der Waals surface area contributed by atoms with Crippen molar-refractivity contribution in [3.8, 4) is 5.69 Å². The lowest BCUT2D eigenvalue weighted by Crippen LogP contribution is -2.30. The molecule has 0 aliphatic heterocycles. The Kier molecular flexibility index (Phi) is 6.64. The number of ether oxygens (including phenoxy) is 1. The van der Waals surface area contributed by atoms with Crippen molar-refractivity contribution < 1.29 is 14.3 Å². The van der Waals surface area contributed by atoms with Crippen molar-refractivity contribution in [3.63, 3.8) is 0 Å². The second-order valence-corrected chi connectivity index (χ2v) is 9.54. The smallest absolute Gasteiger partial charge is 0.348 e. The molecular formula is C27H25N5O3S. The Morgan fingerprint density at radius 3 is 2.50 bits per heavy atom. The number of aromatic nitrogens is 4. The van der Waals surface area contributed by atoms with Crippen LogP contribution in [0.25, 0.3) is 15.9 Å². The molecule has 9 heteroatoms. The van der Waals surface area contributed by atoms with Gasteiger partial charge in [0.1, 0.15) is 9.71 Å². The van der Waals surface area contributed by atoms with Gasteiger partial charge in [0, 0.05) is 30.7 Å². The Morgan fingerprint density at radius 2 is 1.75 bits per heavy atom. The van der Waals surface area contributed by atoms with Crippen LogP contribution in [0.3, 0.4) is 0 Å². The van der Waals surface area contributed by atoms with Crippen molar-refractivity contribution in [2.75, 3.05) is 13.7 Å². The highest BCUT2D eigenvalue weighted by molar-refractivity contribution is 7.20. The average molecular weight is 500 g/mol. The molecule has 5 rings (SSSR count). The van der Waals surface area contributed by atoms with E-state index in [9.17, 15) is 9.59 Å². The van der Waals surface area contributed by atoms with Crippen molar-refractivity contribution in [1.82, 2.24) is 24.5 Å². The first-order valence-corrected chi connectivity index (χ1v) is 12.3. The number of para-hydroxylation sites is 1. The first kappa shape index (κ1) is 23.5. The van der Waals surface area contributed by atoms with Crippen LogP contribution in [0.4, 0.5) is 0 Å². The van der Waals surface area contributed by atoms with Crippen LogP contribution in [0.2, 0.25) is 0 Å². The summed E-state index contributed by atoms with van der Waals surface area (Å²) in [6, 6.07) is 21.6. The topological polar surface area (TPSA) is 82.2 Å². The van der Waals surface area contributed by atoms with Gasteiger partial charge in [-0.1, -0.05) is 48.5 Å². The third kappa shape index (κ3) is 5.06. The Bertz CT molecular complexity index is 1500. The fourth-order valence-corrected chi connectivity index (χ4v) is 4.97. The largest absolute Gasteiger partial charge is 0.451 e. The van der Waals surface area contributed by atoms with E-state index >= 15 is 0 Å². The van der Waals surface area contributed by atoms with Crippen molar-refractivity contribution >= 4 is 33.4 Å². The summed E-state index contributed by atoms with van der Waals surface area (Å²) >= 11 is 1.33. The summed E-state index contributed by atoms with van der Waals surface area (Å²) in [6.45, 7) is 2.57. The Hall–Kier alpha value is -4.24. The van der Waals surface area contributed by atoms with Gasteiger partial charge in [-0.05, 0) is 30.7 Å². The molecule has 3 aromatic heterocycles. The predicted octanol–water partition coefficient (Wildman–Crippen LogP) is 4.46. The van der Waals surface area contributed by atoms with Crippen molar-refractivity contribution in [2.45, 2.75) is 20.0 Å². The number of esters is 1. The van der Waals surface area contributed by atoms with Crippen molar-refractivity contribution in [1.29, 1.82) is 0 Å². The molecule has 0 fully saturated rings. The molecule has 0 unspecified atom stereocenters. The number of likely N-dealkylation sites (N-methyl/N-ethyl adjacent to an activating group) is 1. The minimum atomic E-state index is -0.513. The number of rotatable bonds is 8. The third-order valence-corrected chi connectivity index (χ3v) is 6.94. The van der Waals surface area contributed by atoms with Gasteiger partial charge < -0.3 is 9.64 Å². The maximum atomic E-state index is 12.7. The minimum absolute atomic E-state index is 0.289. The fraction of sp³-hybridized carbons (Fsp3) is 0.185. The van der Waals surface area contributed by atoms with E-state index in [1.807, 2.05) is 78.5 Å². The van der Waals surface area contributed by atoms with Gasteiger partial charge >= 0.3 is 5.97 Å². The molecule has 0 aliphatic carbocycles. The highest BCUT2D eigenvalue weighted by Crippen LogP contribution is 2.29. The summed E-state index contributed by atoms with van der Waals surface area (Å²) in [6.07, 6.45) is 3.60. The maximum absolute atomic E-state index is 12.7. The van der Waals surface area contributed by atoms with Gasteiger partial charge in [0.2, 0.25) is 0 Å². The molecule has 5 aromatic rings. The summed E-state index contributed by atoms with van der Waals surface area (Å²) in [4.78, 5) is 28.2. The third-order valence-electron chi connectivity index (χ3n) is 5.81. The number of benzene rings is 2. The number of carbonyl (C=O) groups excluding carboxylic acids is 2. The van der Waals surface area contributed by atoms with Crippen molar-refractivity contribution in [3.05, 3.63) is 101 Å².